The van der Waals surface area contributed by atoms with E-state index in [1.54, 1.807) is 4.90 Å². The smallest absolute Gasteiger partial charge is 0.355 e. The lowest BCUT2D eigenvalue weighted by Gasteiger charge is -2.23. The Morgan fingerprint density at radius 1 is 1.16 bits per heavy atom. The van der Waals surface area contributed by atoms with Crippen LogP contribution >= 0.6 is 0 Å². The predicted octanol–water partition coefficient (Wildman–Crippen LogP) is 0.826. The summed E-state index contributed by atoms with van der Waals surface area (Å²) in [6.07, 6.45) is -1.50. The molecule has 3 rings (SSSR count). The summed E-state index contributed by atoms with van der Waals surface area (Å²) >= 11 is 0. The zero-order valence-electron chi connectivity index (χ0n) is 13.2. The van der Waals surface area contributed by atoms with Crippen molar-refractivity contribution in [3.8, 4) is 0 Å². The molecule has 2 aromatic rings. The Morgan fingerprint density at radius 2 is 2.00 bits per heavy atom. The number of pyridine rings is 1. The number of amides is 1. The highest BCUT2D eigenvalue weighted by atomic mass is 19.4. The largest absolute Gasteiger partial charge is 0.417 e. The first-order valence-corrected chi connectivity index (χ1v) is 7.70. The van der Waals surface area contributed by atoms with Gasteiger partial charge in [-0.15, -0.1) is 5.10 Å². The van der Waals surface area contributed by atoms with Gasteiger partial charge in [0.25, 0.3) is 0 Å². The van der Waals surface area contributed by atoms with Crippen LogP contribution in [0.2, 0.25) is 0 Å². The van der Waals surface area contributed by atoms with Crippen molar-refractivity contribution in [3.05, 3.63) is 30.2 Å². The van der Waals surface area contributed by atoms with Gasteiger partial charge in [0.2, 0.25) is 5.91 Å². The summed E-state index contributed by atoms with van der Waals surface area (Å²) < 4.78 is 39.2. The van der Waals surface area contributed by atoms with E-state index in [0.717, 1.165) is 12.3 Å². The summed E-state index contributed by atoms with van der Waals surface area (Å²) in [6.45, 7) is 2.21. The summed E-state index contributed by atoms with van der Waals surface area (Å²) in [6, 6.07) is 2.38. The molecule has 25 heavy (non-hydrogen) atoms. The van der Waals surface area contributed by atoms with Gasteiger partial charge in [-0.05, 0) is 29.0 Å². The van der Waals surface area contributed by atoms with Crippen LogP contribution in [0.15, 0.2) is 24.7 Å². The molecule has 1 aliphatic rings. The van der Waals surface area contributed by atoms with Gasteiger partial charge in [0, 0.05) is 32.4 Å². The number of hydrogen-bond acceptors (Lipinski definition) is 6. The van der Waals surface area contributed by atoms with Crippen molar-refractivity contribution in [1.82, 2.24) is 30.1 Å². The molecule has 1 saturated heterocycles. The molecule has 0 radical (unpaired) electrons. The summed E-state index contributed by atoms with van der Waals surface area (Å²) in [4.78, 5) is 19.8. The van der Waals surface area contributed by atoms with Gasteiger partial charge >= 0.3 is 6.18 Å². The fourth-order valence-electron chi connectivity index (χ4n) is 2.63. The van der Waals surface area contributed by atoms with Crippen molar-refractivity contribution in [2.24, 2.45) is 0 Å². The number of halogens is 3. The third-order valence-electron chi connectivity index (χ3n) is 3.94. The molecule has 11 heteroatoms. The van der Waals surface area contributed by atoms with Crippen molar-refractivity contribution in [2.75, 3.05) is 31.1 Å². The van der Waals surface area contributed by atoms with Crippen molar-refractivity contribution < 1.29 is 18.0 Å². The molecule has 0 aromatic carbocycles. The molecular weight excluding hydrogens is 339 g/mol. The van der Waals surface area contributed by atoms with Crippen LogP contribution in [0.5, 0.6) is 0 Å². The summed E-state index contributed by atoms with van der Waals surface area (Å²) in [5, 5.41) is 10.6. The van der Waals surface area contributed by atoms with Gasteiger partial charge in [0.1, 0.15) is 18.7 Å². The van der Waals surface area contributed by atoms with E-state index in [9.17, 15) is 18.0 Å². The van der Waals surface area contributed by atoms with Crippen LogP contribution < -0.4 is 4.90 Å². The molecule has 0 bridgehead atoms. The topological polar surface area (TPSA) is 80.0 Å². The van der Waals surface area contributed by atoms with Crippen LogP contribution in [0.4, 0.5) is 19.0 Å². The van der Waals surface area contributed by atoms with Gasteiger partial charge in [-0.2, -0.15) is 13.2 Å². The van der Waals surface area contributed by atoms with E-state index in [2.05, 4.69) is 20.5 Å². The van der Waals surface area contributed by atoms with E-state index in [4.69, 9.17) is 0 Å². The minimum absolute atomic E-state index is 0.0610. The average molecular weight is 355 g/mol. The standard InChI is InChI=1S/C14H16F3N7O/c15-14(16,17)11-2-3-12(18-8-11)22-4-1-5-23(7-6-22)13(25)9-24-10-19-20-21-24/h2-3,8,10H,1,4-7,9H2. The van der Waals surface area contributed by atoms with Gasteiger partial charge in [0.05, 0.1) is 5.56 Å². The van der Waals surface area contributed by atoms with E-state index >= 15 is 0 Å². The summed E-state index contributed by atoms with van der Waals surface area (Å²) in [5.41, 5.74) is -0.774. The number of hydrogen-bond donors (Lipinski definition) is 0. The maximum absolute atomic E-state index is 12.6. The predicted molar refractivity (Wildman–Crippen MR) is 80.5 cm³/mol. The van der Waals surface area contributed by atoms with Crippen LogP contribution in [0.25, 0.3) is 0 Å². The highest BCUT2D eigenvalue weighted by molar-refractivity contribution is 5.76. The average Bonchev–Trinajstić information content (AvgIpc) is 2.95. The molecule has 0 aliphatic carbocycles. The van der Waals surface area contributed by atoms with E-state index in [1.807, 2.05) is 4.90 Å². The molecule has 0 spiro atoms. The molecule has 0 unspecified atom stereocenters. The number of alkyl halides is 3. The van der Waals surface area contributed by atoms with Crippen molar-refractivity contribution in [2.45, 2.75) is 19.1 Å². The molecule has 1 fully saturated rings. The van der Waals surface area contributed by atoms with Crippen LogP contribution in [-0.4, -0.2) is 62.2 Å². The molecule has 0 atom stereocenters. The van der Waals surface area contributed by atoms with E-state index < -0.39 is 11.7 Å². The van der Waals surface area contributed by atoms with Crippen molar-refractivity contribution in [3.63, 3.8) is 0 Å². The van der Waals surface area contributed by atoms with Crippen molar-refractivity contribution in [1.29, 1.82) is 0 Å². The van der Waals surface area contributed by atoms with Crippen LogP contribution in [0, 0.1) is 0 Å². The fraction of sp³-hybridized carbons (Fsp3) is 0.500. The molecule has 8 nitrogen and oxygen atoms in total. The van der Waals surface area contributed by atoms with Crippen LogP contribution in [-0.2, 0) is 17.5 Å². The number of carbonyl (C=O) groups is 1. The minimum atomic E-state index is -4.40. The first kappa shape index (κ1) is 17.1. The lowest BCUT2D eigenvalue weighted by molar-refractivity contribution is -0.137. The molecule has 3 heterocycles. The number of tetrazole rings is 1. The first-order valence-electron chi connectivity index (χ1n) is 7.70. The Hall–Kier alpha value is -2.72. The number of anilines is 1. The molecule has 2 aromatic heterocycles. The van der Waals surface area contributed by atoms with Gasteiger partial charge in [0.15, 0.2) is 0 Å². The molecule has 0 N–H and O–H groups in total. The zero-order chi connectivity index (χ0) is 17.9. The fourth-order valence-corrected chi connectivity index (χ4v) is 2.63. The normalized spacial score (nSPS) is 16.0. The zero-order valence-corrected chi connectivity index (χ0v) is 13.2. The number of aromatic nitrogens is 5. The lowest BCUT2D eigenvalue weighted by Crippen LogP contribution is -2.37. The van der Waals surface area contributed by atoms with E-state index in [1.165, 1.54) is 17.1 Å². The van der Waals surface area contributed by atoms with Gasteiger partial charge in [-0.1, -0.05) is 0 Å². The molecule has 134 valence electrons. The Kier molecular flexibility index (Phi) is 4.81. The van der Waals surface area contributed by atoms with Crippen LogP contribution in [0.1, 0.15) is 12.0 Å². The van der Waals surface area contributed by atoms with E-state index in [0.29, 0.717) is 38.4 Å². The van der Waals surface area contributed by atoms with Gasteiger partial charge in [-0.25, -0.2) is 9.67 Å². The van der Waals surface area contributed by atoms with Gasteiger partial charge in [-0.3, -0.25) is 4.79 Å². The minimum Gasteiger partial charge on any atom is -0.355 e. The van der Waals surface area contributed by atoms with Crippen LogP contribution in [0.3, 0.4) is 0 Å². The van der Waals surface area contributed by atoms with Gasteiger partial charge < -0.3 is 9.80 Å². The van der Waals surface area contributed by atoms with E-state index in [-0.39, 0.29) is 12.5 Å². The Labute approximate surface area is 141 Å². The number of nitrogens with zero attached hydrogens (tertiary/aromatic N) is 7. The highest BCUT2D eigenvalue weighted by Gasteiger charge is 2.31. The summed E-state index contributed by atoms with van der Waals surface area (Å²) in [7, 11) is 0. The SMILES string of the molecule is O=C(Cn1cnnn1)N1CCCN(c2ccc(C(F)(F)F)cn2)CC1. The molecule has 0 saturated carbocycles. The maximum atomic E-state index is 12.6. The molecule has 1 amide bonds. The Morgan fingerprint density at radius 3 is 2.64 bits per heavy atom. The Balaban J connectivity index is 1.60. The second-order valence-corrected chi connectivity index (χ2v) is 5.63. The molecule has 1 aliphatic heterocycles. The monoisotopic (exact) mass is 355 g/mol. The molecular formula is C14H16F3N7O. The van der Waals surface area contributed by atoms with Crippen molar-refractivity contribution >= 4 is 11.7 Å². The lowest BCUT2D eigenvalue weighted by atomic mass is 10.2. The first-order chi connectivity index (χ1) is 11.9. The quantitative estimate of drug-likeness (QED) is 0.811. The third-order valence-corrected chi connectivity index (χ3v) is 3.94. The number of carbonyl (C=O) groups excluding carboxylic acids is 1. The third kappa shape index (κ3) is 4.22. The second-order valence-electron chi connectivity index (χ2n) is 5.63. The summed E-state index contributed by atoms with van der Waals surface area (Å²) in [5.74, 6) is 0.373. The maximum Gasteiger partial charge on any atom is 0.417 e. The second kappa shape index (κ2) is 7.03. The number of rotatable bonds is 3. The Bertz CT molecular complexity index is 702. The highest BCUT2D eigenvalue weighted by Crippen LogP contribution is 2.29.